The average Bonchev–Trinajstić information content (AvgIpc) is 2.90. The number of nitrogens with one attached hydrogen (secondary N) is 1. The zero-order valence-electron chi connectivity index (χ0n) is 15.3. The van der Waals surface area contributed by atoms with Gasteiger partial charge in [-0.3, -0.25) is 4.79 Å². The number of amides is 1. The van der Waals surface area contributed by atoms with Crippen LogP contribution < -0.4 is 10.1 Å². The van der Waals surface area contributed by atoms with Gasteiger partial charge in [0.25, 0.3) is 0 Å². The monoisotopic (exact) mass is 380 g/mol. The minimum absolute atomic E-state index is 0.0758. The summed E-state index contributed by atoms with van der Waals surface area (Å²) in [6.45, 7) is 3.48. The zero-order chi connectivity index (χ0) is 19.0. The lowest BCUT2D eigenvalue weighted by atomic mass is 10.1. The van der Waals surface area contributed by atoms with E-state index in [1.54, 1.807) is 12.1 Å². The molecule has 0 unspecified atom stereocenters. The second-order valence-corrected chi connectivity index (χ2v) is 8.46. The molecule has 7 heteroatoms. The van der Waals surface area contributed by atoms with E-state index in [2.05, 4.69) is 11.9 Å². The SMILES string of the molecule is C=CCN(CC(=O)NC1CCCCCC1)S(=O)(=O)c1ccc(OC)cc1. The maximum absolute atomic E-state index is 12.9. The lowest BCUT2D eigenvalue weighted by Gasteiger charge is -2.22. The largest absolute Gasteiger partial charge is 0.497 e. The maximum Gasteiger partial charge on any atom is 0.243 e. The average molecular weight is 381 g/mol. The van der Waals surface area contributed by atoms with E-state index >= 15 is 0 Å². The van der Waals surface area contributed by atoms with Crippen LogP contribution in [-0.2, 0) is 14.8 Å². The van der Waals surface area contributed by atoms with Gasteiger partial charge in [-0.1, -0.05) is 31.8 Å². The first-order chi connectivity index (χ1) is 12.5. The highest BCUT2D eigenvalue weighted by Crippen LogP contribution is 2.20. The molecule has 1 aliphatic carbocycles. The first kappa shape index (κ1) is 20.5. The molecule has 2 rings (SSSR count). The van der Waals surface area contributed by atoms with E-state index in [-0.39, 0.29) is 29.9 Å². The van der Waals surface area contributed by atoms with Crippen molar-refractivity contribution in [2.24, 2.45) is 0 Å². The van der Waals surface area contributed by atoms with Crippen LogP contribution in [0.25, 0.3) is 0 Å². The van der Waals surface area contributed by atoms with Crippen LogP contribution in [0.4, 0.5) is 0 Å². The summed E-state index contributed by atoms with van der Waals surface area (Å²) in [6.07, 6.45) is 8.00. The molecule has 6 nitrogen and oxygen atoms in total. The Morgan fingerprint density at radius 3 is 2.38 bits per heavy atom. The predicted octanol–water partition coefficient (Wildman–Crippen LogP) is 2.71. The van der Waals surface area contributed by atoms with Crippen LogP contribution in [0.3, 0.4) is 0 Å². The van der Waals surface area contributed by atoms with Crippen LogP contribution in [0.1, 0.15) is 38.5 Å². The van der Waals surface area contributed by atoms with Crippen molar-refractivity contribution in [2.45, 2.75) is 49.5 Å². The molecule has 0 saturated heterocycles. The van der Waals surface area contributed by atoms with Crippen molar-refractivity contribution in [3.05, 3.63) is 36.9 Å². The molecule has 1 saturated carbocycles. The van der Waals surface area contributed by atoms with Gasteiger partial charge in [0.15, 0.2) is 0 Å². The van der Waals surface area contributed by atoms with Gasteiger partial charge in [0, 0.05) is 12.6 Å². The summed E-state index contributed by atoms with van der Waals surface area (Å²) >= 11 is 0. The summed E-state index contributed by atoms with van der Waals surface area (Å²) in [5, 5.41) is 2.99. The molecular weight excluding hydrogens is 352 g/mol. The third kappa shape index (κ3) is 5.57. The molecule has 0 radical (unpaired) electrons. The minimum atomic E-state index is -3.79. The van der Waals surface area contributed by atoms with Crippen LogP contribution in [0.15, 0.2) is 41.8 Å². The molecule has 1 fully saturated rings. The third-order valence-electron chi connectivity index (χ3n) is 4.57. The molecule has 0 aliphatic heterocycles. The Balaban J connectivity index is 2.07. The number of sulfonamides is 1. The second kappa shape index (κ2) is 9.73. The molecule has 1 N–H and O–H groups in total. The van der Waals surface area contributed by atoms with Gasteiger partial charge >= 0.3 is 0 Å². The summed E-state index contributed by atoms with van der Waals surface area (Å²) in [7, 11) is -2.27. The highest BCUT2D eigenvalue weighted by atomic mass is 32.2. The highest BCUT2D eigenvalue weighted by molar-refractivity contribution is 7.89. The van der Waals surface area contributed by atoms with Gasteiger partial charge in [0.05, 0.1) is 18.6 Å². The number of nitrogens with zero attached hydrogens (tertiary/aromatic N) is 1. The minimum Gasteiger partial charge on any atom is -0.497 e. The number of hydrogen-bond donors (Lipinski definition) is 1. The van der Waals surface area contributed by atoms with E-state index in [4.69, 9.17) is 4.74 Å². The number of ether oxygens (including phenoxy) is 1. The molecule has 144 valence electrons. The Morgan fingerprint density at radius 1 is 1.23 bits per heavy atom. The molecule has 0 aromatic heterocycles. The molecule has 1 aliphatic rings. The van der Waals surface area contributed by atoms with Crippen LogP contribution in [-0.4, -0.2) is 44.9 Å². The van der Waals surface area contributed by atoms with Gasteiger partial charge in [-0.15, -0.1) is 6.58 Å². The summed E-state index contributed by atoms with van der Waals surface area (Å²) < 4.78 is 31.9. The Labute approximate surface area is 156 Å². The van der Waals surface area contributed by atoms with Crippen LogP contribution >= 0.6 is 0 Å². The Kier molecular flexibility index (Phi) is 7.66. The molecule has 1 aromatic rings. The number of benzene rings is 1. The molecule has 0 heterocycles. The van der Waals surface area contributed by atoms with E-state index in [9.17, 15) is 13.2 Å². The normalized spacial score (nSPS) is 16.1. The van der Waals surface area contributed by atoms with Gasteiger partial charge in [0.1, 0.15) is 5.75 Å². The first-order valence-electron chi connectivity index (χ1n) is 9.02. The summed E-state index contributed by atoms with van der Waals surface area (Å²) in [4.78, 5) is 12.5. The van der Waals surface area contributed by atoms with E-state index in [1.165, 1.54) is 38.2 Å². The van der Waals surface area contributed by atoms with Crippen molar-refractivity contribution in [3.8, 4) is 5.75 Å². The van der Waals surface area contributed by atoms with E-state index in [0.717, 1.165) is 30.0 Å². The fraction of sp³-hybridized carbons (Fsp3) is 0.526. The van der Waals surface area contributed by atoms with Gasteiger partial charge in [-0.25, -0.2) is 8.42 Å². The third-order valence-corrected chi connectivity index (χ3v) is 6.40. The summed E-state index contributed by atoms with van der Waals surface area (Å²) in [5.74, 6) is 0.307. The molecule has 0 spiro atoms. The van der Waals surface area contributed by atoms with Crippen LogP contribution in [0, 0.1) is 0 Å². The number of methoxy groups -OCH3 is 1. The van der Waals surface area contributed by atoms with Gasteiger partial charge in [-0.05, 0) is 37.1 Å². The molecule has 1 amide bonds. The fourth-order valence-corrected chi connectivity index (χ4v) is 4.51. The Bertz CT molecular complexity index is 693. The van der Waals surface area contributed by atoms with Crippen molar-refractivity contribution >= 4 is 15.9 Å². The van der Waals surface area contributed by atoms with Gasteiger partial charge in [0.2, 0.25) is 15.9 Å². The first-order valence-corrected chi connectivity index (χ1v) is 10.5. The quantitative estimate of drug-likeness (QED) is 0.556. The topological polar surface area (TPSA) is 75.7 Å². The smallest absolute Gasteiger partial charge is 0.243 e. The molecule has 0 bridgehead atoms. The van der Waals surface area contributed by atoms with Crippen LogP contribution in [0.5, 0.6) is 5.75 Å². The molecule has 26 heavy (non-hydrogen) atoms. The standard InChI is InChI=1S/C19H28N2O4S/c1-3-14-21(15-19(22)20-16-8-6-4-5-7-9-16)26(23,24)18-12-10-17(25-2)11-13-18/h3,10-13,16H,1,4-9,14-15H2,2H3,(H,20,22). The molecule has 1 aromatic carbocycles. The summed E-state index contributed by atoms with van der Waals surface area (Å²) in [5.41, 5.74) is 0. The molecule has 0 atom stereocenters. The van der Waals surface area contributed by atoms with Crippen molar-refractivity contribution in [1.29, 1.82) is 0 Å². The van der Waals surface area contributed by atoms with Gasteiger partial charge < -0.3 is 10.1 Å². The van der Waals surface area contributed by atoms with Crippen LogP contribution in [0.2, 0.25) is 0 Å². The Morgan fingerprint density at radius 2 is 1.85 bits per heavy atom. The zero-order valence-corrected chi connectivity index (χ0v) is 16.1. The highest BCUT2D eigenvalue weighted by Gasteiger charge is 2.26. The van der Waals surface area contributed by atoms with E-state index in [1.807, 2.05) is 0 Å². The lowest BCUT2D eigenvalue weighted by molar-refractivity contribution is -0.122. The predicted molar refractivity (Wildman–Crippen MR) is 102 cm³/mol. The van der Waals surface area contributed by atoms with Crippen molar-refractivity contribution in [2.75, 3.05) is 20.2 Å². The summed E-state index contributed by atoms with van der Waals surface area (Å²) in [6, 6.07) is 6.27. The second-order valence-electron chi connectivity index (χ2n) is 6.52. The fourth-order valence-electron chi connectivity index (χ4n) is 3.15. The van der Waals surface area contributed by atoms with Crippen molar-refractivity contribution in [3.63, 3.8) is 0 Å². The van der Waals surface area contributed by atoms with E-state index in [0.29, 0.717) is 5.75 Å². The number of carbonyl (C=O) groups excluding carboxylic acids is 1. The Hall–Kier alpha value is -1.86. The number of carbonyl (C=O) groups is 1. The van der Waals surface area contributed by atoms with Crippen molar-refractivity contribution < 1.29 is 17.9 Å². The lowest BCUT2D eigenvalue weighted by Crippen LogP contribution is -2.44. The number of hydrogen-bond acceptors (Lipinski definition) is 4. The maximum atomic E-state index is 12.9. The van der Waals surface area contributed by atoms with Crippen molar-refractivity contribution in [1.82, 2.24) is 9.62 Å². The van der Waals surface area contributed by atoms with Gasteiger partial charge in [-0.2, -0.15) is 4.31 Å². The van der Waals surface area contributed by atoms with E-state index < -0.39 is 10.0 Å². The number of rotatable bonds is 8. The molecular formula is C19H28N2O4S.